The summed E-state index contributed by atoms with van der Waals surface area (Å²) in [6.45, 7) is 6.05. The van der Waals surface area contributed by atoms with Crippen molar-refractivity contribution in [2.24, 2.45) is 11.8 Å². The lowest BCUT2D eigenvalue weighted by molar-refractivity contribution is 0.309. The second-order valence-corrected chi connectivity index (χ2v) is 5.21. The van der Waals surface area contributed by atoms with Crippen LogP contribution in [0.2, 0.25) is 0 Å². The highest BCUT2D eigenvalue weighted by Gasteiger charge is 2.19. The molecule has 0 radical (unpaired) electrons. The van der Waals surface area contributed by atoms with Gasteiger partial charge < -0.3 is 0 Å². The Kier molecular flexibility index (Phi) is 3.82. The molecule has 16 heavy (non-hydrogen) atoms. The topological polar surface area (TPSA) is 0 Å². The molecule has 0 N–H and O–H groups in total. The van der Waals surface area contributed by atoms with Gasteiger partial charge in [0.15, 0.2) is 0 Å². The number of hydrogen-bond donors (Lipinski definition) is 0. The number of rotatable bonds is 3. The van der Waals surface area contributed by atoms with Gasteiger partial charge in [-0.05, 0) is 56.4 Å². The molecule has 0 unspecified atom stereocenters. The van der Waals surface area contributed by atoms with Crippen molar-refractivity contribution in [1.29, 1.82) is 0 Å². The minimum atomic E-state index is 0.786. The molecule has 1 aromatic rings. The van der Waals surface area contributed by atoms with Gasteiger partial charge in [-0.25, -0.2) is 0 Å². The zero-order chi connectivity index (χ0) is 11.4. The largest absolute Gasteiger partial charge is 0.103 e. The van der Waals surface area contributed by atoms with Gasteiger partial charge in [0.1, 0.15) is 0 Å². The molecule has 1 aromatic carbocycles. The van der Waals surface area contributed by atoms with Gasteiger partial charge in [0.25, 0.3) is 0 Å². The quantitative estimate of drug-likeness (QED) is 0.648. The fourth-order valence-corrected chi connectivity index (χ4v) is 2.69. The summed E-state index contributed by atoms with van der Waals surface area (Å²) in [6.07, 6.45) is 8.86. The van der Waals surface area contributed by atoms with Crippen LogP contribution in [0.1, 0.15) is 36.8 Å². The average molecular weight is 214 g/mol. The third-order valence-electron chi connectivity index (χ3n) is 3.87. The summed E-state index contributed by atoms with van der Waals surface area (Å²) in [5.41, 5.74) is 2.87. The first-order valence-corrected chi connectivity index (χ1v) is 6.46. The maximum atomic E-state index is 3.90. The molecule has 86 valence electrons. The zero-order valence-corrected chi connectivity index (χ0v) is 10.3. The standard InChI is InChI=1S/C16H22/c1-3-14-8-10-16(11-9-14)12-15-6-4-13(2)5-7-15/h3-7,14,16H,1,8-12H2,2H3. The summed E-state index contributed by atoms with van der Waals surface area (Å²) in [4.78, 5) is 0. The fraction of sp³-hybridized carbons (Fsp3) is 0.500. The van der Waals surface area contributed by atoms with E-state index in [-0.39, 0.29) is 0 Å². The maximum absolute atomic E-state index is 3.90. The summed E-state index contributed by atoms with van der Waals surface area (Å²) in [5, 5.41) is 0. The van der Waals surface area contributed by atoms with Crippen LogP contribution < -0.4 is 0 Å². The van der Waals surface area contributed by atoms with E-state index in [4.69, 9.17) is 0 Å². The Hall–Kier alpha value is -1.04. The van der Waals surface area contributed by atoms with Gasteiger partial charge in [0.2, 0.25) is 0 Å². The molecule has 0 aliphatic heterocycles. The second-order valence-electron chi connectivity index (χ2n) is 5.21. The molecule has 0 bridgehead atoms. The third-order valence-corrected chi connectivity index (χ3v) is 3.87. The molecule has 0 nitrogen and oxygen atoms in total. The van der Waals surface area contributed by atoms with Crippen molar-refractivity contribution in [3.05, 3.63) is 48.0 Å². The highest BCUT2D eigenvalue weighted by molar-refractivity contribution is 5.21. The van der Waals surface area contributed by atoms with Crippen molar-refractivity contribution in [2.45, 2.75) is 39.0 Å². The van der Waals surface area contributed by atoms with Crippen LogP contribution in [0.3, 0.4) is 0 Å². The Morgan fingerprint density at radius 3 is 2.31 bits per heavy atom. The molecule has 1 saturated carbocycles. The number of allylic oxidation sites excluding steroid dienone is 1. The summed E-state index contributed by atoms with van der Waals surface area (Å²) in [6, 6.07) is 9.03. The molecule has 0 atom stereocenters. The first-order valence-electron chi connectivity index (χ1n) is 6.46. The number of aryl methyl sites for hydroxylation is 1. The van der Waals surface area contributed by atoms with E-state index in [1.807, 2.05) is 0 Å². The predicted octanol–water partition coefficient (Wildman–Crippen LogP) is 4.53. The lowest BCUT2D eigenvalue weighted by Crippen LogP contribution is -2.14. The van der Waals surface area contributed by atoms with Gasteiger partial charge in [-0.1, -0.05) is 35.9 Å². The SMILES string of the molecule is C=CC1CCC(Cc2ccc(C)cc2)CC1. The van der Waals surface area contributed by atoms with Crippen LogP contribution in [0, 0.1) is 18.8 Å². The summed E-state index contributed by atoms with van der Waals surface area (Å²) in [7, 11) is 0. The van der Waals surface area contributed by atoms with Crippen LogP contribution in [0.4, 0.5) is 0 Å². The maximum Gasteiger partial charge on any atom is -0.0236 e. The van der Waals surface area contributed by atoms with Crippen LogP contribution in [0.15, 0.2) is 36.9 Å². The van der Waals surface area contributed by atoms with Crippen LogP contribution in [0.5, 0.6) is 0 Å². The Morgan fingerprint density at radius 2 is 1.75 bits per heavy atom. The van der Waals surface area contributed by atoms with Gasteiger partial charge in [-0.3, -0.25) is 0 Å². The molecule has 0 aromatic heterocycles. The van der Waals surface area contributed by atoms with E-state index in [0.717, 1.165) is 11.8 Å². The summed E-state index contributed by atoms with van der Waals surface area (Å²) >= 11 is 0. The van der Waals surface area contributed by atoms with E-state index in [1.165, 1.54) is 43.2 Å². The molecule has 0 spiro atoms. The molecule has 2 rings (SSSR count). The van der Waals surface area contributed by atoms with E-state index in [0.29, 0.717) is 0 Å². The van der Waals surface area contributed by atoms with Crippen molar-refractivity contribution in [3.63, 3.8) is 0 Å². The molecule has 0 amide bonds. The first kappa shape index (κ1) is 11.4. The Balaban J connectivity index is 1.86. The van der Waals surface area contributed by atoms with E-state index in [2.05, 4.69) is 43.8 Å². The van der Waals surface area contributed by atoms with Gasteiger partial charge in [0.05, 0.1) is 0 Å². The Bertz CT molecular complexity index is 326. The minimum absolute atomic E-state index is 0.786. The van der Waals surface area contributed by atoms with E-state index < -0.39 is 0 Å². The average Bonchev–Trinajstić information content (AvgIpc) is 2.33. The van der Waals surface area contributed by atoms with Gasteiger partial charge >= 0.3 is 0 Å². The van der Waals surface area contributed by atoms with Crippen molar-refractivity contribution in [2.75, 3.05) is 0 Å². The lowest BCUT2D eigenvalue weighted by atomic mass is 9.79. The summed E-state index contributed by atoms with van der Waals surface area (Å²) in [5.74, 6) is 1.69. The Morgan fingerprint density at radius 1 is 1.12 bits per heavy atom. The van der Waals surface area contributed by atoms with Crippen molar-refractivity contribution in [1.82, 2.24) is 0 Å². The molecule has 1 aliphatic carbocycles. The number of benzene rings is 1. The van der Waals surface area contributed by atoms with Crippen LogP contribution >= 0.6 is 0 Å². The molecule has 1 aliphatic rings. The minimum Gasteiger partial charge on any atom is -0.103 e. The first-order chi connectivity index (χ1) is 7.78. The Labute approximate surface area is 99.4 Å². The van der Waals surface area contributed by atoms with Crippen molar-refractivity contribution < 1.29 is 0 Å². The molecule has 0 heterocycles. The van der Waals surface area contributed by atoms with Crippen LogP contribution in [0.25, 0.3) is 0 Å². The van der Waals surface area contributed by atoms with Crippen LogP contribution in [-0.2, 0) is 6.42 Å². The predicted molar refractivity (Wildman–Crippen MR) is 70.5 cm³/mol. The van der Waals surface area contributed by atoms with Crippen molar-refractivity contribution >= 4 is 0 Å². The fourth-order valence-electron chi connectivity index (χ4n) is 2.69. The van der Waals surface area contributed by atoms with Crippen LogP contribution in [-0.4, -0.2) is 0 Å². The van der Waals surface area contributed by atoms with Crippen molar-refractivity contribution in [3.8, 4) is 0 Å². The number of hydrogen-bond acceptors (Lipinski definition) is 0. The molecular weight excluding hydrogens is 192 g/mol. The normalized spacial score (nSPS) is 25.3. The third kappa shape index (κ3) is 2.98. The molecule has 0 heteroatoms. The highest BCUT2D eigenvalue weighted by Crippen LogP contribution is 2.31. The molecular formula is C16H22. The van der Waals surface area contributed by atoms with E-state index in [1.54, 1.807) is 0 Å². The lowest BCUT2D eigenvalue weighted by Gasteiger charge is -2.26. The smallest absolute Gasteiger partial charge is 0.0236 e. The molecule has 1 fully saturated rings. The van der Waals surface area contributed by atoms with E-state index >= 15 is 0 Å². The molecule has 0 saturated heterocycles. The summed E-state index contributed by atoms with van der Waals surface area (Å²) < 4.78 is 0. The second kappa shape index (κ2) is 5.34. The monoisotopic (exact) mass is 214 g/mol. The van der Waals surface area contributed by atoms with E-state index in [9.17, 15) is 0 Å². The zero-order valence-electron chi connectivity index (χ0n) is 10.3. The van der Waals surface area contributed by atoms with Gasteiger partial charge in [0, 0.05) is 0 Å². The van der Waals surface area contributed by atoms with Gasteiger partial charge in [-0.2, -0.15) is 0 Å². The van der Waals surface area contributed by atoms with Gasteiger partial charge in [-0.15, -0.1) is 6.58 Å². The highest BCUT2D eigenvalue weighted by atomic mass is 14.2.